The molecule has 3 aromatic rings. The van der Waals surface area contributed by atoms with Crippen molar-refractivity contribution in [3.63, 3.8) is 0 Å². The van der Waals surface area contributed by atoms with Crippen molar-refractivity contribution in [3.8, 4) is 0 Å². The van der Waals surface area contributed by atoms with E-state index in [1.54, 1.807) is 52.8 Å². The number of rotatable bonds is 5. The third-order valence-corrected chi connectivity index (χ3v) is 5.16. The van der Waals surface area contributed by atoms with Crippen LogP contribution in [0, 0.1) is 5.53 Å². The zero-order chi connectivity index (χ0) is 21.8. The Bertz CT molecular complexity index is 1210. The van der Waals surface area contributed by atoms with E-state index in [1.165, 1.54) is 0 Å². The highest BCUT2D eigenvalue weighted by Gasteiger charge is 2.18. The van der Waals surface area contributed by atoms with Crippen LogP contribution >= 0.6 is 0 Å². The number of nitrogens with one attached hydrogen (secondary N) is 2. The molecule has 1 aromatic heterocycles. The van der Waals surface area contributed by atoms with Crippen molar-refractivity contribution in [2.24, 2.45) is 5.11 Å². The van der Waals surface area contributed by atoms with Gasteiger partial charge in [0.15, 0.2) is 5.70 Å². The fourth-order valence-electron chi connectivity index (χ4n) is 3.46. The van der Waals surface area contributed by atoms with Crippen molar-refractivity contribution in [3.05, 3.63) is 76.2 Å². The van der Waals surface area contributed by atoms with Crippen LogP contribution in [-0.4, -0.2) is 49.9 Å². The van der Waals surface area contributed by atoms with Crippen molar-refractivity contribution in [2.45, 2.75) is 0 Å². The molecule has 0 aliphatic carbocycles. The van der Waals surface area contributed by atoms with Crippen LogP contribution in [-0.2, 0) is 4.74 Å². The van der Waals surface area contributed by atoms with Gasteiger partial charge in [-0.25, -0.2) is 5.53 Å². The number of aromatic nitrogens is 1. The Hall–Kier alpha value is -3.56. The molecule has 2 radical (unpaired) electrons. The number of nitrogens with zero attached hydrogens (tertiary/aromatic N) is 2. The number of carbonyl (C=O) groups is 1. The van der Waals surface area contributed by atoms with Gasteiger partial charge >= 0.3 is 0 Å². The number of hydrogen-bond donors (Lipinski definition) is 3. The van der Waals surface area contributed by atoms with Gasteiger partial charge in [-0.3, -0.25) is 14.9 Å². The van der Waals surface area contributed by atoms with Gasteiger partial charge < -0.3 is 14.6 Å². The first-order valence-electron chi connectivity index (χ1n) is 9.87. The topological polar surface area (TPSA) is 115 Å². The van der Waals surface area contributed by atoms with Gasteiger partial charge in [-0.05, 0) is 29.7 Å². The van der Waals surface area contributed by atoms with E-state index in [2.05, 4.69) is 10.1 Å². The van der Waals surface area contributed by atoms with Crippen LogP contribution in [0.5, 0.6) is 0 Å². The lowest BCUT2D eigenvalue weighted by molar-refractivity contribution is -0.495. The maximum atomic E-state index is 12.5. The summed E-state index contributed by atoms with van der Waals surface area (Å²) < 4.78 is 5.28. The Kier molecular flexibility index (Phi) is 6.06. The standard InChI is InChI=1S/C22H20BN5O3/c23-16-4-1-15-11-18(21(29)26-19(15)12-16)20(27-24)13-25-17-5-2-14(3-6-17)22(30)28-7-9-31-10-8-28/h1-6,11-13,24-25H,7-10H2,(H,26,29)/p+1. The normalized spacial score (nSPS) is 14.6. The smallest absolute Gasteiger partial charge is 0.258 e. The second kappa shape index (κ2) is 9.07. The van der Waals surface area contributed by atoms with Crippen molar-refractivity contribution in [1.82, 2.24) is 9.88 Å². The highest BCUT2D eigenvalue weighted by Crippen LogP contribution is 2.16. The first-order valence-corrected chi connectivity index (χ1v) is 9.87. The number of benzene rings is 2. The van der Waals surface area contributed by atoms with Gasteiger partial charge in [0.25, 0.3) is 11.5 Å². The summed E-state index contributed by atoms with van der Waals surface area (Å²) in [5.41, 5.74) is 10.3. The molecule has 8 nitrogen and oxygen atoms in total. The van der Waals surface area contributed by atoms with E-state index in [-0.39, 0.29) is 17.2 Å². The lowest BCUT2D eigenvalue weighted by atomic mass is 9.95. The van der Waals surface area contributed by atoms with E-state index in [1.807, 2.05) is 12.1 Å². The van der Waals surface area contributed by atoms with Gasteiger partial charge in [0.1, 0.15) is 19.7 Å². The molecule has 0 saturated carbocycles. The Morgan fingerprint density at radius 2 is 1.90 bits per heavy atom. The van der Waals surface area contributed by atoms with Crippen LogP contribution in [0.25, 0.3) is 16.6 Å². The number of amides is 1. The van der Waals surface area contributed by atoms with Gasteiger partial charge in [0, 0.05) is 36.3 Å². The summed E-state index contributed by atoms with van der Waals surface area (Å²) in [7, 11) is 5.77. The second-order valence-corrected chi connectivity index (χ2v) is 7.22. The third kappa shape index (κ3) is 4.63. The molecular formula is C22H21BN5O3+. The van der Waals surface area contributed by atoms with Crippen molar-refractivity contribution in [1.29, 1.82) is 5.53 Å². The minimum Gasteiger partial charge on any atom is -0.378 e. The number of morpholine rings is 1. The molecule has 1 saturated heterocycles. The Labute approximate surface area is 179 Å². The van der Waals surface area contributed by atoms with E-state index in [4.69, 9.17) is 18.1 Å². The molecule has 4 rings (SSSR count). The highest BCUT2D eigenvalue weighted by atomic mass is 16.5. The molecule has 0 bridgehead atoms. The molecule has 1 amide bonds. The molecule has 2 aromatic carbocycles. The number of ether oxygens (including phenoxy) is 1. The fraction of sp³-hybridized carbons (Fsp3) is 0.182. The molecule has 2 heterocycles. The van der Waals surface area contributed by atoms with Gasteiger partial charge in [0.2, 0.25) is 0 Å². The molecule has 1 fully saturated rings. The number of carbonyl (C=O) groups excluding carboxylic acids is 1. The number of fused-ring (bicyclic) bond motifs is 1. The molecule has 31 heavy (non-hydrogen) atoms. The molecule has 0 atom stereocenters. The van der Waals surface area contributed by atoms with Crippen LogP contribution in [0.15, 0.2) is 64.6 Å². The third-order valence-electron chi connectivity index (χ3n) is 5.16. The molecule has 154 valence electrons. The number of pyridine rings is 1. The molecule has 4 N–H and O–H groups in total. The molecule has 0 spiro atoms. The second-order valence-electron chi connectivity index (χ2n) is 7.22. The van der Waals surface area contributed by atoms with E-state index in [0.29, 0.717) is 48.4 Å². The van der Waals surface area contributed by atoms with Crippen molar-refractivity contribution >= 4 is 41.5 Å². The SMILES string of the molecule is [B]c1ccc2cc(C(=C[NH2+]c3ccc(C(=O)N4CCOCC4)cc3)N=N)c(=O)[nH]c2c1. The van der Waals surface area contributed by atoms with E-state index >= 15 is 0 Å². The quantitative estimate of drug-likeness (QED) is 0.329. The Morgan fingerprint density at radius 3 is 2.61 bits per heavy atom. The minimum atomic E-state index is -0.347. The summed E-state index contributed by atoms with van der Waals surface area (Å²) in [6.07, 6.45) is 1.61. The van der Waals surface area contributed by atoms with Gasteiger partial charge in [-0.2, -0.15) is 5.11 Å². The number of H-pyrrole nitrogens is 1. The zero-order valence-electron chi connectivity index (χ0n) is 16.8. The summed E-state index contributed by atoms with van der Waals surface area (Å²) in [6.45, 7) is 2.31. The number of nitrogens with two attached hydrogens (primary N) is 1. The fourth-order valence-corrected chi connectivity index (χ4v) is 3.46. The van der Waals surface area contributed by atoms with E-state index in [9.17, 15) is 9.59 Å². The first kappa shape index (κ1) is 20.7. The van der Waals surface area contributed by atoms with Gasteiger partial charge in [-0.15, -0.1) is 0 Å². The predicted molar refractivity (Wildman–Crippen MR) is 118 cm³/mol. The number of quaternary nitrogens is 1. The minimum absolute atomic E-state index is 0.0180. The van der Waals surface area contributed by atoms with Crippen molar-refractivity contribution < 1.29 is 14.8 Å². The van der Waals surface area contributed by atoms with Crippen LogP contribution in [0.3, 0.4) is 0 Å². The van der Waals surface area contributed by atoms with Crippen LogP contribution < -0.4 is 16.3 Å². The zero-order valence-corrected chi connectivity index (χ0v) is 16.8. The summed E-state index contributed by atoms with van der Waals surface area (Å²) in [4.78, 5) is 29.6. The van der Waals surface area contributed by atoms with Gasteiger partial charge in [-0.1, -0.05) is 17.6 Å². The summed E-state index contributed by atoms with van der Waals surface area (Å²) in [5, 5.41) is 6.08. The molecule has 0 unspecified atom stereocenters. The molecule has 9 heteroatoms. The molecular weight excluding hydrogens is 393 g/mol. The first-order chi connectivity index (χ1) is 15.0. The van der Waals surface area contributed by atoms with Crippen LogP contribution in [0.2, 0.25) is 0 Å². The van der Waals surface area contributed by atoms with Gasteiger partial charge in [0.05, 0.1) is 18.8 Å². The average Bonchev–Trinajstić information content (AvgIpc) is 2.80. The summed E-state index contributed by atoms with van der Waals surface area (Å²) >= 11 is 0. The van der Waals surface area contributed by atoms with Crippen LogP contribution in [0.1, 0.15) is 15.9 Å². The lowest BCUT2D eigenvalue weighted by Crippen LogP contribution is -2.71. The number of hydrogen-bond acceptors (Lipinski definition) is 5. The lowest BCUT2D eigenvalue weighted by Gasteiger charge is -2.26. The molecule has 1 aliphatic rings. The largest absolute Gasteiger partial charge is 0.378 e. The average molecular weight is 414 g/mol. The maximum absolute atomic E-state index is 12.5. The number of aromatic amines is 1. The van der Waals surface area contributed by atoms with E-state index < -0.39 is 0 Å². The Balaban J connectivity index is 1.53. The monoisotopic (exact) mass is 414 g/mol. The predicted octanol–water partition coefficient (Wildman–Crippen LogP) is 1.02. The maximum Gasteiger partial charge on any atom is 0.258 e. The summed E-state index contributed by atoms with van der Waals surface area (Å²) in [5.74, 6) is -0.0180. The Morgan fingerprint density at radius 1 is 1.16 bits per heavy atom. The molecule has 1 aliphatic heterocycles. The highest BCUT2D eigenvalue weighted by molar-refractivity contribution is 6.33. The van der Waals surface area contributed by atoms with E-state index in [0.717, 1.165) is 11.1 Å². The summed E-state index contributed by atoms with van der Waals surface area (Å²) in [6, 6.07) is 14.1. The van der Waals surface area contributed by atoms with Crippen molar-refractivity contribution in [2.75, 3.05) is 26.3 Å². The van der Waals surface area contributed by atoms with Crippen LogP contribution in [0.4, 0.5) is 5.69 Å².